The van der Waals surface area contributed by atoms with E-state index in [1.807, 2.05) is 0 Å². The fourth-order valence-electron chi connectivity index (χ4n) is 1.74. The number of benzene rings is 1. The molecule has 0 saturated heterocycles. The van der Waals surface area contributed by atoms with Gasteiger partial charge in [0, 0.05) is 6.04 Å². The van der Waals surface area contributed by atoms with Crippen molar-refractivity contribution < 1.29 is 22.7 Å². The Balaban J connectivity index is 3.03. The van der Waals surface area contributed by atoms with Gasteiger partial charge in [0.15, 0.2) is 5.82 Å². The van der Waals surface area contributed by atoms with E-state index in [0.29, 0.717) is 12.8 Å². The molecule has 112 valence electrons. The average molecular weight is 324 g/mol. The van der Waals surface area contributed by atoms with Crippen LogP contribution in [-0.4, -0.2) is 25.5 Å². The van der Waals surface area contributed by atoms with Crippen LogP contribution in [0.5, 0.6) is 0 Å². The number of hydrogen-bond donors (Lipinski definition) is 2. The molecule has 1 aromatic carbocycles. The van der Waals surface area contributed by atoms with Gasteiger partial charge < -0.3 is 5.11 Å². The van der Waals surface area contributed by atoms with E-state index in [1.165, 1.54) is 12.1 Å². The minimum atomic E-state index is -4.15. The maximum Gasteiger partial charge on any atom is 0.304 e. The Hall–Kier alpha value is -1.18. The Morgan fingerprint density at radius 1 is 1.50 bits per heavy atom. The lowest BCUT2D eigenvalue weighted by molar-refractivity contribution is -0.137. The number of aliphatic carboxylic acids is 1. The molecule has 8 heteroatoms. The minimum absolute atomic E-state index is 0.307. The molecule has 2 N–H and O–H groups in total. The first-order valence-corrected chi connectivity index (χ1v) is 7.82. The molecule has 0 aliphatic rings. The summed E-state index contributed by atoms with van der Waals surface area (Å²) in [5.41, 5.74) is 0. The molecule has 0 fully saturated rings. The van der Waals surface area contributed by atoms with E-state index in [9.17, 15) is 17.6 Å². The smallest absolute Gasteiger partial charge is 0.304 e. The lowest BCUT2D eigenvalue weighted by Gasteiger charge is -2.16. The molecule has 0 aromatic heterocycles. The Bertz CT molecular complexity index is 591. The second kappa shape index (κ2) is 7.01. The molecule has 0 spiro atoms. The van der Waals surface area contributed by atoms with Gasteiger partial charge in [-0.15, -0.1) is 0 Å². The maximum absolute atomic E-state index is 13.7. The molecule has 1 aromatic rings. The summed E-state index contributed by atoms with van der Waals surface area (Å²) in [5, 5.41) is 8.44. The number of carboxylic acids is 1. The van der Waals surface area contributed by atoms with Crippen molar-refractivity contribution >= 4 is 27.6 Å². The van der Waals surface area contributed by atoms with E-state index < -0.39 is 32.7 Å². The molecule has 1 unspecified atom stereocenters. The first kappa shape index (κ1) is 16.9. The quantitative estimate of drug-likeness (QED) is 0.807. The van der Waals surface area contributed by atoms with E-state index in [4.69, 9.17) is 16.7 Å². The Morgan fingerprint density at radius 3 is 2.70 bits per heavy atom. The van der Waals surface area contributed by atoms with Crippen molar-refractivity contribution in [2.24, 2.45) is 0 Å². The van der Waals surface area contributed by atoms with Crippen LogP contribution in [0.1, 0.15) is 26.2 Å². The van der Waals surface area contributed by atoms with Crippen LogP contribution in [0.15, 0.2) is 23.1 Å². The SMILES string of the molecule is CCCC(CC(=O)O)NS(=O)(=O)c1cccc(Cl)c1F. The van der Waals surface area contributed by atoms with Crippen LogP contribution in [0, 0.1) is 5.82 Å². The van der Waals surface area contributed by atoms with Crippen LogP contribution < -0.4 is 4.72 Å². The van der Waals surface area contributed by atoms with Crippen molar-refractivity contribution in [3.05, 3.63) is 29.0 Å². The van der Waals surface area contributed by atoms with Crippen molar-refractivity contribution in [2.75, 3.05) is 0 Å². The number of sulfonamides is 1. The van der Waals surface area contributed by atoms with Gasteiger partial charge in [0.25, 0.3) is 0 Å². The summed E-state index contributed by atoms with van der Waals surface area (Å²) in [5.74, 6) is -2.18. The molecule has 5 nitrogen and oxygen atoms in total. The third-order valence-corrected chi connectivity index (χ3v) is 4.42. The van der Waals surface area contributed by atoms with E-state index in [-0.39, 0.29) is 11.4 Å². The van der Waals surface area contributed by atoms with Gasteiger partial charge in [-0.25, -0.2) is 17.5 Å². The summed E-state index contributed by atoms with van der Waals surface area (Å²) in [6, 6.07) is 2.83. The van der Waals surface area contributed by atoms with Crippen LogP contribution in [0.25, 0.3) is 0 Å². The second-order valence-electron chi connectivity index (χ2n) is 4.26. The maximum atomic E-state index is 13.7. The van der Waals surface area contributed by atoms with E-state index >= 15 is 0 Å². The topological polar surface area (TPSA) is 83.5 Å². The highest BCUT2D eigenvalue weighted by molar-refractivity contribution is 7.89. The predicted octanol–water partition coefficient (Wildman–Crippen LogP) is 2.40. The molecule has 0 saturated carbocycles. The van der Waals surface area contributed by atoms with Crippen LogP contribution in [-0.2, 0) is 14.8 Å². The zero-order valence-electron chi connectivity index (χ0n) is 10.8. The van der Waals surface area contributed by atoms with Crippen molar-refractivity contribution in [1.29, 1.82) is 0 Å². The number of carboxylic acid groups (broad SMARTS) is 1. The molecule has 0 aliphatic heterocycles. The molecule has 0 heterocycles. The van der Waals surface area contributed by atoms with E-state index in [0.717, 1.165) is 6.07 Å². The van der Waals surface area contributed by atoms with Crippen molar-refractivity contribution in [3.63, 3.8) is 0 Å². The summed E-state index contributed by atoms with van der Waals surface area (Å²) >= 11 is 5.54. The third-order valence-electron chi connectivity index (χ3n) is 2.59. The van der Waals surface area contributed by atoms with Gasteiger partial charge in [-0.05, 0) is 18.6 Å². The zero-order valence-corrected chi connectivity index (χ0v) is 12.3. The molecular formula is C12H15ClFNO4S. The summed E-state index contributed by atoms with van der Waals surface area (Å²) in [4.78, 5) is 10.1. The average Bonchev–Trinajstić information content (AvgIpc) is 2.31. The lowest BCUT2D eigenvalue weighted by Crippen LogP contribution is -2.36. The standard InChI is InChI=1S/C12H15ClFNO4S/c1-2-4-8(7-11(16)17)15-20(18,19)10-6-3-5-9(13)12(10)14/h3,5-6,8,15H,2,4,7H2,1H3,(H,16,17). The second-order valence-corrected chi connectivity index (χ2v) is 6.35. The fourth-order valence-corrected chi connectivity index (χ4v) is 3.34. The summed E-state index contributed by atoms with van der Waals surface area (Å²) in [6.07, 6.45) is 0.571. The molecular weight excluding hydrogens is 309 g/mol. The molecule has 0 amide bonds. The molecule has 0 radical (unpaired) electrons. The zero-order chi connectivity index (χ0) is 15.3. The van der Waals surface area contributed by atoms with Gasteiger partial charge in [-0.2, -0.15) is 0 Å². The molecule has 1 atom stereocenters. The van der Waals surface area contributed by atoms with Gasteiger partial charge in [0.1, 0.15) is 4.90 Å². The summed E-state index contributed by atoms with van der Waals surface area (Å²) < 4.78 is 40.1. The molecule has 0 bridgehead atoms. The predicted molar refractivity (Wildman–Crippen MR) is 72.7 cm³/mol. The first-order valence-electron chi connectivity index (χ1n) is 5.96. The Morgan fingerprint density at radius 2 is 2.15 bits per heavy atom. The van der Waals surface area contributed by atoms with Gasteiger partial charge in [0.2, 0.25) is 10.0 Å². The number of nitrogens with one attached hydrogen (secondary N) is 1. The highest BCUT2D eigenvalue weighted by Crippen LogP contribution is 2.22. The van der Waals surface area contributed by atoms with Crippen LogP contribution in [0.3, 0.4) is 0 Å². The largest absolute Gasteiger partial charge is 0.481 e. The van der Waals surface area contributed by atoms with Crippen LogP contribution in [0.2, 0.25) is 5.02 Å². The fraction of sp³-hybridized carbons (Fsp3) is 0.417. The van der Waals surface area contributed by atoms with Gasteiger partial charge in [0.05, 0.1) is 11.4 Å². The normalized spacial score (nSPS) is 13.2. The number of halogens is 2. The number of rotatable bonds is 7. The van der Waals surface area contributed by atoms with Crippen LogP contribution >= 0.6 is 11.6 Å². The van der Waals surface area contributed by atoms with Gasteiger partial charge >= 0.3 is 5.97 Å². The van der Waals surface area contributed by atoms with E-state index in [2.05, 4.69) is 4.72 Å². The Labute approximate surface area is 121 Å². The summed E-state index contributed by atoms with van der Waals surface area (Å²) in [7, 11) is -4.15. The Kier molecular flexibility index (Phi) is 5.91. The van der Waals surface area contributed by atoms with E-state index in [1.54, 1.807) is 6.92 Å². The third kappa shape index (κ3) is 4.43. The van der Waals surface area contributed by atoms with Gasteiger partial charge in [-0.3, -0.25) is 4.79 Å². The molecule has 1 rings (SSSR count). The van der Waals surface area contributed by atoms with Crippen molar-refractivity contribution in [1.82, 2.24) is 4.72 Å². The monoisotopic (exact) mass is 323 g/mol. The molecule has 20 heavy (non-hydrogen) atoms. The van der Waals surface area contributed by atoms with Crippen molar-refractivity contribution in [2.45, 2.75) is 37.1 Å². The highest BCUT2D eigenvalue weighted by Gasteiger charge is 2.25. The van der Waals surface area contributed by atoms with Crippen LogP contribution in [0.4, 0.5) is 4.39 Å². The number of hydrogen-bond acceptors (Lipinski definition) is 3. The molecule has 0 aliphatic carbocycles. The first-order chi connectivity index (χ1) is 9.27. The van der Waals surface area contributed by atoms with Gasteiger partial charge in [-0.1, -0.05) is 31.0 Å². The van der Waals surface area contributed by atoms with Crippen molar-refractivity contribution in [3.8, 4) is 0 Å². The minimum Gasteiger partial charge on any atom is -0.481 e. The summed E-state index contributed by atoms with van der Waals surface area (Å²) in [6.45, 7) is 1.79. The number of carbonyl (C=O) groups is 1. The lowest BCUT2D eigenvalue weighted by atomic mass is 10.1. The highest BCUT2D eigenvalue weighted by atomic mass is 35.5.